The van der Waals surface area contributed by atoms with Crippen LogP contribution in [0.25, 0.3) is 11.0 Å². The van der Waals surface area contributed by atoms with E-state index in [4.69, 9.17) is 14.3 Å². The van der Waals surface area contributed by atoms with Crippen LogP contribution in [0.2, 0.25) is 0 Å². The average Bonchev–Trinajstić information content (AvgIpc) is 2.66. The summed E-state index contributed by atoms with van der Waals surface area (Å²) in [6.07, 6.45) is 0.612. The number of rotatable bonds is 3. The molecule has 4 nitrogen and oxygen atoms in total. The van der Waals surface area contributed by atoms with E-state index in [0.717, 1.165) is 16.5 Å². The number of aromatic carboxylic acids is 1. The first-order valence-electron chi connectivity index (χ1n) is 5.41. The number of methoxy groups -OCH3 is 1. The fraction of sp³-hybridized carbons (Fsp3) is 0.308. The van der Waals surface area contributed by atoms with Gasteiger partial charge in [0.2, 0.25) is 5.76 Å². The van der Waals surface area contributed by atoms with Crippen LogP contribution in [0.1, 0.15) is 28.6 Å². The van der Waals surface area contributed by atoms with E-state index in [0.29, 0.717) is 17.8 Å². The van der Waals surface area contributed by atoms with Crippen LogP contribution in [0.4, 0.5) is 0 Å². The van der Waals surface area contributed by atoms with Crippen LogP contribution in [0.5, 0.6) is 5.75 Å². The third-order valence-electron chi connectivity index (χ3n) is 2.77. The molecule has 1 aromatic carbocycles. The number of ether oxygens (including phenoxy) is 1. The lowest BCUT2D eigenvalue weighted by Gasteiger charge is -2.02. The lowest BCUT2D eigenvalue weighted by atomic mass is 10.1. The molecule has 17 heavy (non-hydrogen) atoms. The molecule has 0 aliphatic rings. The normalized spacial score (nSPS) is 10.8. The third-order valence-corrected chi connectivity index (χ3v) is 2.77. The second-order valence-corrected chi connectivity index (χ2v) is 3.91. The zero-order chi connectivity index (χ0) is 12.6. The van der Waals surface area contributed by atoms with Gasteiger partial charge in [0, 0.05) is 10.9 Å². The Morgan fingerprint density at radius 3 is 2.71 bits per heavy atom. The Bertz CT molecular complexity index is 581. The van der Waals surface area contributed by atoms with Crippen molar-refractivity contribution in [2.24, 2.45) is 0 Å². The Hall–Kier alpha value is -1.97. The zero-order valence-electron chi connectivity index (χ0n) is 10.0. The summed E-state index contributed by atoms with van der Waals surface area (Å²) in [5.41, 5.74) is 2.24. The van der Waals surface area contributed by atoms with Gasteiger partial charge in [0.05, 0.1) is 7.11 Å². The molecule has 0 amide bonds. The topological polar surface area (TPSA) is 59.7 Å². The molecule has 0 spiro atoms. The first-order valence-corrected chi connectivity index (χ1v) is 5.41. The first kappa shape index (κ1) is 11.5. The quantitative estimate of drug-likeness (QED) is 0.886. The van der Waals surface area contributed by atoms with Crippen molar-refractivity contribution in [1.82, 2.24) is 0 Å². The third kappa shape index (κ3) is 1.75. The van der Waals surface area contributed by atoms with Crippen LogP contribution in [0, 0.1) is 6.92 Å². The lowest BCUT2D eigenvalue weighted by Crippen LogP contribution is -1.97. The molecule has 90 valence electrons. The number of aryl methyl sites for hydroxylation is 2. The van der Waals surface area contributed by atoms with Crippen molar-refractivity contribution in [2.75, 3.05) is 7.11 Å². The Labute approximate surface area is 98.8 Å². The molecule has 0 bridgehead atoms. The monoisotopic (exact) mass is 234 g/mol. The minimum absolute atomic E-state index is 0.00593. The Morgan fingerprint density at radius 1 is 1.47 bits per heavy atom. The summed E-state index contributed by atoms with van der Waals surface area (Å²) in [7, 11) is 1.54. The van der Waals surface area contributed by atoms with Gasteiger partial charge in [-0.1, -0.05) is 6.92 Å². The van der Waals surface area contributed by atoms with Gasteiger partial charge in [0.15, 0.2) is 11.3 Å². The highest BCUT2D eigenvalue weighted by Crippen LogP contribution is 2.34. The predicted molar refractivity (Wildman–Crippen MR) is 63.8 cm³/mol. The first-order chi connectivity index (χ1) is 8.08. The van der Waals surface area contributed by atoms with Crippen LogP contribution in [0.15, 0.2) is 16.5 Å². The minimum Gasteiger partial charge on any atom is -0.493 e. The van der Waals surface area contributed by atoms with Crippen LogP contribution >= 0.6 is 0 Å². The molecular formula is C13H14O4. The van der Waals surface area contributed by atoms with Crippen LogP contribution in [0.3, 0.4) is 0 Å². The molecule has 0 saturated heterocycles. The number of benzene rings is 1. The Morgan fingerprint density at radius 2 is 2.18 bits per heavy atom. The summed E-state index contributed by atoms with van der Waals surface area (Å²) in [5, 5.41) is 9.92. The zero-order valence-corrected chi connectivity index (χ0v) is 10.0. The molecule has 0 atom stereocenters. The summed E-state index contributed by atoms with van der Waals surface area (Å²) in [6, 6.07) is 3.75. The van der Waals surface area contributed by atoms with Gasteiger partial charge in [-0.25, -0.2) is 4.79 Å². The largest absolute Gasteiger partial charge is 0.493 e. The number of carbonyl (C=O) groups is 1. The summed E-state index contributed by atoms with van der Waals surface area (Å²) in [5.74, 6) is -0.466. The van der Waals surface area contributed by atoms with Gasteiger partial charge in [0.25, 0.3) is 0 Å². The fourth-order valence-corrected chi connectivity index (χ4v) is 2.03. The van der Waals surface area contributed by atoms with Gasteiger partial charge < -0.3 is 14.3 Å². The fourth-order valence-electron chi connectivity index (χ4n) is 2.03. The van der Waals surface area contributed by atoms with E-state index in [1.54, 1.807) is 7.11 Å². The number of hydrogen-bond donors (Lipinski definition) is 1. The van der Waals surface area contributed by atoms with Crippen LogP contribution < -0.4 is 4.74 Å². The number of hydrogen-bond acceptors (Lipinski definition) is 3. The lowest BCUT2D eigenvalue weighted by molar-refractivity contribution is 0.0663. The van der Waals surface area contributed by atoms with Gasteiger partial charge in [-0.2, -0.15) is 0 Å². The molecule has 0 aliphatic carbocycles. The second kappa shape index (κ2) is 4.13. The molecule has 0 saturated carbocycles. The molecule has 1 N–H and O–H groups in total. The molecular weight excluding hydrogens is 220 g/mol. The van der Waals surface area contributed by atoms with E-state index in [9.17, 15) is 4.79 Å². The summed E-state index contributed by atoms with van der Waals surface area (Å²) in [4.78, 5) is 11.1. The van der Waals surface area contributed by atoms with Crippen molar-refractivity contribution >= 4 is 16.9 Å². The molecule has 1 heterocycles. The van der Waals surface area contributed by atoms with Crippen molar-refractivity contribution in [2.45, 2.75) is 20.3 Å². The number of furan rings is 1. The van der Waals surface area contributed by atoms with Crippen molar-refractivity contribution in [3.05, 3.63) is 29.0 Å². The highest BCUT2D eigenvalue weighted by atomic mass is 16.5. The van der Waals surface area contributed by atoms with Crippen molar-refractivity contribution in [3.8, 4) is 5.75 Å². The average molecular weight is 234 g/mol. The van der Waals surface area contributed by atoms with Crippen molar-refractivity contribution in [3.63, 3.8) is 0 Å². The van der Waals surface area contributed by atoms with E-state index in [1.165, 1.54) is 0 Å². The van der Waals surface area contributed by atoms with Gasteiger partial charge in [-0.3, -0.25) is 0 Å². The van der Waals surface area contributed by atoms with Gasteiger partial charge in [0.1, 0.15) is 0 Å². The highest BCUT2D eigenvalue weighted by molar-refractivity contribution is 5.97. The SMILES string of the molecule is CCc1c(C(=O)O)oc2c(OC)cc(C)cc12. The second-order valence-electron chi connectivity index (χ2n) is 3.91. The molecule has 0 aliphatic heterocycles. The number of carboxylic acids is 1. The molecule has 0 radical (unpaired) electrons. The van der Waals surface area contributed by atoms with Gasteiger partial charge in [-0.05, 0) is 31.0 Å². The van der Waals surface area contributed by atoms with E-state index >= 15 is 0 Å². The molecule has 0 fully saturated rings. The van der Waals surface area contributed by atoms with Crippen LogP contribution in [-0.4, -0.2) is 18.2 Å². The van der Waals surface area contributed by atoms with Crippen molar-refractivity contribution < 1.29 is 19.1 Å². The Balaban J connectivity index is 2.85. The van der Waals surface area contributed by atoms with Crippen molar-refractivity contribution in [1.29, 1.82) is 0 Å². The molecule has 0 unspecified atom stereocenters. The standard InChI is InChI=1S/C13H14O4/c1-4-8-9-5-7(2)6-10(16-3)11(9)17-12(8)13(14)15/h5-6H,4H2,1-3H3,(H,14,15). The maximum absolute atomic E-state index is 11.1. The number of carboxylic acid groups (broad SMARTS) is 1. The van der Waals surface area contributed by atoms with E-state index in [1.807, 2.05) is 26.0 Å². The maximum atomic E-state index is 11.1. The smallest absolute Gasteiger partial charge is 0.372 e. The van der Waals surface area contributed by atoms with E-state index < -0.39 is 5.97 Å². The summed E-state index contributed by atoms with van der Waals surface area (Å²) >= 11 is 0. The molecule has 2 aromatic rings. The van der Waals surface area contributed by atoms with Gasteiger partial charge in [-0.15, -0.1) is 0 Å². The molecule has 4 heteroatoms. The maximum Gasteiger partial charge on any atom is 0.372 e. The van der Waals surface area contributed by atoms with E-state index in [-0.39, 0.29) is 5.76 Å². The van der Waals surface area contributed by atoms with Crippen LogP contribution in [-0.2, 0) is 6.42 Å². The summed E-state index contributed by atoms with van der Waals surface area (Å²) in [6.45, 7) is 3.85. The predicted octanol–water partition coefficient (Wildman–Crippen LogP) is 3.01. The molecule has 1 aromatic heterocycles. The minimum atomic E-state index is -1.04. The summed E-state index contributed by atoms with van der Waals surface area (Å²) < 4.78 is 10.6. The van der Waals surface area contributed by atoms with Gasteiger partial charge >= 0.3 is 5.97 Å². The van der Waals surface area contributed by atoms with E-state index in [2.05, 4.69) is 0 Å². The molecule has 2 rings (SSSR count). The Kier molecular flexibility index (Phi) is 2.79. The number of fused-ring (bicyclic) bond motifs is 1. The highest BCUT2D eigenvalue weighted by Gasteiger charge is 2.21.